The second kappa shape index (κ2) is 8.46. The molecule has 8 heteroatoms. The van der Waals surface area contributed by atoms with Gasteiger partial charge < -0.3 is 5.32 Å². The predicted molar refractivity (Wildman–Crippen MR) is 125 cm³/mol. The molecule has 4 rings (SSSR count). The van der Waals surface area contributed by atoms with Crippen LogP contribution >= 0.6 is 0 Å². The van der Waals surface area contributed by atoms with E-state index in [1.807, 2.05) is 58.0 Å². The van der Waals surface area contributed by atoms with Gasteiger partial charge >= 0.3 is 0 Å². The lowest BCUT2D eigenvalue weighted by atomic mass is 9.92. The third-order valence-corrected chi connectivity index (χ3v) is 5.07. The summed E-state index contributed by atoms with van der Waals surface area (Å²) in [6.45, 7) is 8.11. The number of rotatable bonds is 4. The normalized spacial score (nSPS) is 11.4. The average Bonchev–Trinajstić information content (AvgIpc) is 3.19. The SMILES string of the molecule is Cc1cccc(-n2nc(C(C)(C)C)cc2NC(=O)c2ccc(=O)n(-c3ccc(F)cc3)n2)c1. The molecule has 2 heterocycles. The van der Waals surface area contributed by atoms with E-state index in [4.69, 9.17) is 5.10 Å². The molecule has 33 heavy (non-hydrogen) atoms. The van der Waals surface area contributed by atoms with Crippen LogP contribution in [0.1, 0.15) is 42.5 Å². The fraction of sp³-hybridized carbons (Fsp3) is 0.200. The summed E-state index contributed by atoms with van der Waals surface area (Å²) in [4.78, 5) is 25.4. The van der Waals surface area contributed by atoms with Gasteiger partial charge in [-0.1, -0.05) is 32.9 Å². The highest BCUT2D eigenvalue weighted by molar-refractivity contribution is 6.02. The molecule has 168 valence electrons. The fourth-order valence-electron chi connectivity index (χ4n) is 3.27. The molecule has 0 fully saturated rings. The van der Waals surface area contributed by atoms with Gasteiger partial charge in [0, 0.05) is 17.5 Å². The molecule has 0 atom stereocenters. The van der Waals surface area contributed by atoms with Crippen LogP contribution in [0.5, 0.6) is 0 Å². The lowest BCUT2D eigenvalue weighted by Crippen LogP contribution is -2.25. The van der Waals surface area contributed by atoms with Gasteiger partial charge in [-0.05, 0) is 55.0 Å². The van der Waals surface area contributed by atoms with Gasteiger partial charge in [-0.3, -0.25) is 9.59 Å². The summed E-state index contributed by atoms with van der Waals surface area (Å²) >= 11 is 0. The molecule has 7 nitrogen and oxygen atoms in total. The monoisotopic (exact) mass is 445 g/mol. The van der Waals surface area contributed by atoms with E-state index in [-0.39, 0.29) is 11.1 Å². The number of carbonyl (C=O) groups is 1. The first-order valence-electron chi connectivity index (χ1n) is 10.5. The van der Waals surface area contributed by atoms with Crippen molar-refractivity contribution < 1.29 is 9.18 Å². The number of nitrogens with one attached hydrogen (secondary N) is 1. The summed E-state index contributed by atoms with van der Waals surface area (Å²) in [7, 11) is 0. The van der Waals surface area contributed by atoms with Crippen LogP contribution in [0.3, 0.4) is 0 Å². The highest BCUT2D eigenvalue weighted by Crippen LogP contribution is 2.27. The van der Waals surface area contributed by atoms with Crippen LogP contribution in [0.2, 0.25) is 0 Å². The standard InChI is InChI=1S/C25H24FN5O2/c1-16-6-5-7-19(14-16)30-22(15-21(29-30)25(2,3)4)27-24(33)20-12-13-23(32)31(28-20)18-10-8-17(26)9-11-18/h5-15H,1-4H3,(H,27,33). The van der Waals surface area contributed by atoms with Crippen LogP contribution in [0.15, 0.2) is 71.5 Å². The maximum absolute atomic E-state index is 13.3. The molecule has 0 aliphatic rings. The Hall–Kier alpha value is -4.07. The summed E-state index contributed by atoms with van der Waals surface area (Å²) < 4.78 is 16.0. The average molecular weight is 445 g/mol. The number of halogens is 1. The zero-order valence-electron chi connectivity index (χ0n) is 18.8. The van der Waals surface area contributed by atoms with E-state index < -0.39 is 17.3 Å². The van der Waals surface area contributed by atoms with E-state index in [1.54, 1.807) is 4.68 Å². The van der Waals surface area contributed by atoms with Gasteiger partial charge in [0.05, 0.1) is 17.1 Å². The Bertz CT molecular complexity index is 1380. The topological polar surface area (TPSA) is 81.8 Å². The summed E-state index contributed by atoms with van der Waals surface area (Å²) in [6.07, 6.45) is 0. The van der Waals surface area contributed by atoms with Gasteiger partial charge in [-0.2, -0.15) is 14.9 Å². The zero-order valence-corrected chi connectivity index (χ0v) is 18.8. The molecule has 0 saturated carbocycles. The third kappa shape index (κ3) is 4.74. The molecular formula is C25H24FN5O2. The number of amides is 1. The van der Waals surface area contributed by atoms with Crippen LogP contribution in [0.4, 0.5) is 10.2 Å². The minimum Gasteiger partial charge on any atom is -0.305 e. The Morgan fingerprint density at radius 1 is 0.909 bits per heavy atom. The van der Waals surface area contributed by atoms with E-state index in [1.165, 1.54) is 36.4 Å². The number of hydrogen-bond donors (Lipinski definition) is 1. The van der Waals surface area contributed by atoms with E-state index >= 15 is 0 Å². The number of aryl methyl sites for hydroxylation is 1. The maximum atomic E-state index is 13.3. The van der Waals surface area contributed by atoms with Crippen molar-refractivity contribution in [2.24, 2.45) is 0 Å². The van der Waals surface area contributed by atoms with Crippen molar-refractivity contribution in [3.05, 3.63) is 99.9 Å². The minimum atomic E-state index is -0.500. The zero-order chi connectivity index (χ0) is 23.8. The predicted octanol–water partition coefficient (Wildman–Crippen LogP) is 4.42. The highest BCUT2D eigenvalue weighted by atomic mass is 19.1. The smallest absolute Gasteiger partial charge is 0.277 e. The first kappa shape index (κ1) is 22.1. The van der Waals surface area contributed by atoms with E-state index in [0.717, 1.165) is 21.6 Å². The highest BCUT2D eigenvalue weighted by Gasteiger charge is 2.22. The number of nitrogens with zero attached hydrogens (tertiary/aromatic N) is 4. The van der Waals surface area contributed by atoms with Crippen LogP contribution in [0, 0.1) is 12.7 Å². The molecule has 0 bridgehead atoms. The Labute approximate surface area is 190 Å². The van der Waals surface area contributed by atoms with Gasteiger partial charge in [0.1, 0.15) is 17.3 Å². The fourth-order valence-corrected chi connectivity index (χ4v) is 3.27. The van der Waals surface area contributed by atoms with Gasteiger partial charge in [0.25, 0.3) is 11.5 Å². The van der Waals surface area contributed by atoms with Crippen molar-refractivity contribution in [3.8, 4) is 11.4 Å². The molecule has 0 aliphatic heterocycles. The molecule has 0 spiro atoms. The number of anilines is 1. The van der Waals surface area contributed by atoms with Crippen molar-refractivity contribution >= 4 is 11.7 Å². The summed E-state index contributed by atoms with van der Waals surface area (Å²) in [5.74, 6) is -0.447. The van der Waals surface area contributed by atoms with Crippen molar-refractivity contribution in [3.63, 3.8) is 0 Å². The summed E-state index contributed by atoms with van der Waals surface area (Å²) in [5.41, 5.74) is 2.41. The molecule has 1 amide bonds. The Morgan fingerprint density at radius 3 is 2.30 bits per heavy atom. The van der Waals surface area contributed by atoms with Gasteiger partial charge in [0.15, 0.2) is 0 Å². The van der Waals surface area contributed by atoms with Crippen LogP contribution in [-0.4, -0.2) is 25.5 Å². The lowest BCUT2D eigenvalue weighted by Gasteiger charge is -2.14. The summed E-state index contributed by atoms with van der Waals surface area (Å²) in [6, 6.07) is 17.5. The Kier molecular flexibility index (Phi) is 5.68. The first-order valence-corrected chi connectivity index (χ1v) is 10.5. The molecule has 0 unspecified atom stereocenters. The Balaban J connectivity index is 1.71. The minimum absolute atomic E-state index is 0.0354. The first-order chi connectivity index (χ1) is 15.6. The molecule has 0 saturated heterocycles. The van der Waals surface area contributed by atoms with Crippen molar-refractivity contribution in [2.45, 2.75) is 33.1 Å². The van der Waals surface area contributed by atoms with Crippen molar-refractivity contribution in [1.82, 2.24) is 19.6 Å². The summed E-state index contributed by atoms with van der Waals surface area (Å²) in [5, 5.41) is 11.8. The van der Waals surface area contributed by atoms with Crippen molar-refractivity contribution in [2.75, 3.05) is 5.32 Å². The third-order valence-electron chi connectivity index (χ3n) is 5.07. The quantitative estimate of drug-likeness (QED) is 0.504. The van der Waals surface area contributed by atoms with Crippen molar-refractivity contribution in [1.29, 1.82) is 0 Å². The van der Waals surface area contributed by atoms with Gasteiger partial charge in [-0.15, -0.1) is 0 Å². The molecule has 1 N–H and O–H groups in total. The number of carbonyl (C=O) groups excluding carboxylic acids is 1. The lowest BCUT2D eigenvalue weighted by molar-refractivity contribution is 0.102. The molecule has 4 aromatic rings. The molecule has 2 aromatic heterocycles. The maximum Gasteiger partial charge on any atom is 0.277 e. The largest absolute Gasteiger partial charge is 0.305 e. The molecule has 0 aliphatic carbocycles. The Morgan fingerprint density at radius 2 is 1.64 bits per heavy atom. The van der Waals surface area contributed by atoms with Gasteiger partial charge in [-0.25, -0.2) is 9.07 Å². The number of hydrogen-bond acceptors (Lipinski definition) is 4. The van der Waals surface area contributed by atoms with Crippen LogP contribution in [0.25, 0.3) is 11.4 Å². The van der Waals surface area contributed by atoms with Crippen LogP contribution < -0.4 is 10.9 Å². The van der Waals surface area contributed by atoms with Crippen LogP contribution in [-0.2, 0) is 5.41 Å². The van der Waals surface area contributed by atoms with E-state index in [0.29, 0.717) is 11.5 Å². The molecule has 0 radical (unpaired) electrons. The molecule has 2 aromatic carbocycles. The van der Waals surface area contributed by atoms with Gasteiger partial charge in [0.2, 0.25) is 0 Å². The molecular weight excluding hydrogens is 421 g/mol. The number of aromatic nitrogens is 4. The second-order valence-electron chi connectivity index (χ2n) is 8.81. The second-order valence-corrected chi connectivity index (χ2v) is 8.81. The number of benzene rings is 2. The van der Waals surface area contributed by atoms with E-state index in [2.05, 4.69) is 10.4 Å². The van der Waals surface area contributed by atoms with E-state index in [9.17, 15) is 14.0 Å².